The largest absolute Gasteiger partial charge is 0.380 e. The van der Waals surface area contributed by atoms with Crippen LogP contribution in [0, 0.1) is 0 Å². The number of hydrogen-bond donors (Lipinski definition) is 2. The highest BCUT2D eigenvalue weighted by Crippen LogP contribution is 2.18. The van der Waals surface area contributed by atoms with Crippen molar-refractivity contribution in [1.82, 2.24) is 15.1 Å². The van der Waals surface area contributed by atoms with E-state index in [1.165, 1.54) is 32.1 Å². The number of aromatic nitrogens is 2. The number of unbranched alkanes of at least 4 members (excludes halogenated alkanes) is 3. The summed E-state index contributed by atoms with van der Waals surface area (Å²) in [5, 5.41) is 10.7. The average Bonchev–Trinajstić information content (AvgIpc) is 3.14. The molecule has 0 radical (unpaired) electrons. The molecule has 2 N–H and O–H groups in total. The standard InChI is InChI=1S/C16H28N4O/c1-3-4-5-6-7-13(2)18-15-10-17-20(11-15)12-16(21)19-14-8-9-14/h10-11,13-14,18H,3-9,12H2,1-2H3,(H,19,21). The molecule has 1 saturated carbocycles. The molecule has 5 nitrogen and oxygen atoms in total. The molecule has 0 saturated heterocycles. The number of anilines is 1. The van der Waals surface area contributed by atoms with Gasteiger partial charge in [0.2, 0.25) is 5.91 Å². The molecule has 5 heteroatoms. The Hall–Kier alpha value is -1.52. The Labute approximate surface area is 127 Å². The van der Waals surface area contributed by atoms with Crippen molar-refractivity contribution >= 4 is 11.6 Å². The van der Waals surface area contributed by atoms with Crippen molar-refractivity contribution in [2.45, 2.75) is 77.4 Å². The number of rotatable bonds is 10. The summed E-state index contributed by atoms with van der Waals surface area (Å²) in [6, 6.07) is 0.855. The van der Waals surface area contributed by atoms with Gasteiger partial charge in [-0.15, -0.1) is 0 Å². The third-order valence-electron chi connectivity index (χ3n) is 3.79. The summed E-state index contributed by atoms with van der Waals surface area (Å²) < 4.78 is 1.70. The quantitative estimate of drug-likeness (QED) is 0.652. The summed E-state index contributed by atoms with van der Waals surface area (Å²) in [4.78, 5) is 11.7. The van der Waals surface area contributed by atoms with Crippen LogP contribution in [0.2, 0.25) is 0 Å². The number of carbonyl (C=O) groups excluding carboxylic acids is 1. The number of nitrogens with zero attached hydrogens (tertiary/aromatic N) is 2. The minimum Gasteiger partial charge on any atom is -0.380 e. The van der Waals surface area contributed by atoms with Gasteiger partial charge in [-0.2, -0.15) is 5.10 Å². The summed E-state index contributed by atoms with van der Waals surface area (Å²) >= 11 is 0. The van der Waals surface area contributed by atoms with Crippen molar-refractivity contribution in [3.63, 3.8) is 0 Å². The van der Waals surface area contributed by atoms with Gasteiger partial charge in [0.05, 0.1) is 11.9 Å². The zero-order valence-corrected chi connectivity index (χ0v) is 13.3. The van der Waals surface area contributed by atoms with Gasteiger partial charge in [-0.3, -0.25) is 9.48 Å². The van der Waals surface area contributed by atoms with Gasteiger partial charge in [0, 0.05) is 18.3 Å². The van der Waals surface area contributed by atoms with Crippen LogP contribution in [0.3, 0.4) is 0 Å². The van der Waals surface area contributed by atoms with Gasteiger partial charge < -0.3 is 10.6 Å². The van der Waals surface area contributed by atoms with E-state index >= 15 is 0 Å². The maximum absolute atomic E-state index is 11.7. The summed E-state index contributed by atoms with van der Waals surface area (Å²) in [5.41, 5.74) is 0.997. The number of amides is 1. The van der Waals surface area contributed by atoms with Crippen LogP contribution >= 0.6 is 0 Å². The fourth-order valence-electron chi connectivity index (χ4n) is 2.41. The molecular formula is C16H28N4O. The summed E-state index contributed by atoms with van der Waals surface area (Å²) in [5.74, 6) is 0.0553. The van der Waals surface area contributed by atoms with E-state index < -0.39 is 0 Å². The molecule has 0 aromatic carbocycles. The van der Waals surface area contributed by atoms with Gasteiger partial charge >= 0.3 is 0 Å². The van der Waals surface area contributed by atoms with E-state index in [-0.39, 0.29) is 5.91 Å². The molecule has 2 rings (SSSR count). The van der Waals surface area contributed by atoms with Crippen molar-refractivity contribution in [3.8, 4) is 0 Å². The second kappa shape index (κ2) is 8.05. The second-order valence-electron chi connectivity index (χ2n) is 6.16. The van der Waals surface area contributed by atoms with Gasteiger partial charge in [0.1, 0.15) is 6.54 Å². The van der Waals surface area contributed by atoms with Crippen molar-refractivity contribution in [2.75, 3.05) is 5.32 Å². The summed E-state index contributed by atoms with van der Waals surface area (Å²) in [6.07, 6.45) is 12.3. The third-order valence-corrected chi connectivity index (χ3v) is 3.79. The first-order chi connectivity index (χ1) is 10.2. The van der Waals surface area contributed by atoms with E-state index in [1.807, 2.05) is 6.20 Å². The Morgan fingerprint density at radius 3 is 2.95 bits per heavy atom. The highest BCUT2D eigenvalue weighted by Gasteiger charge is 2.23. The molecule has 1 aromatic heterocycles. The number of carbonyl (C=O) groups is 1. The molecule has 0 aliphatic heterocycles. The van der Waals surface area contributed by atoms with E-state index in [0.29, 0.717) is 18.6 Å². The van der Waals surface area contributed by atoms with Gasteiger partial charge in [-0.25, -0.2) is 0 Å². The Balaban J connectivity index is 1.67. The van der Waals surface area contributed by atoms with Crippen LogP contribution in [0.5, 0.6) is 0 Å². The Morgan fingerprint density at radius 1 is 1.43 bits per heavy atom. The van der Waals surface area contributed by atoms with Crippen LogP contribution < -0.4 is 10.6 Å². The van der Waals surface area contributed by atoms with Gasteiger partial charge in [-0.05, 0) is 26.2 Å². The van der Waals surface area contributed by atoms with Crippen LogP contribution in [0.15, 0.2) is 12.4 Å². The second-order valence-corrected chi connectivity index (χ2v) is 6.16. The predicted octanol–water partition coefficient (Wildman–Crippen LogP) is 2.93. The predicted molar refractivity (Wildman–Crippen MR) is 85.2 cm³/mol. The molecule has 1 heterocycles. The van der Waals surface area contributed by atoms with E-state index in [2.05, 4.69) is 29.6 Å². The number of nitrogens with one attached hydrogen (secondary N) is 2. The Kier molecular flexibility index (Phi) is 6.08. The maximum Gasteiger partial charge on any atom is 0.241 e. The van der Waals surface area contributed by atoms with Crippen LogP contribution in [0.25, 0.3) is 0 Å². The molecule has 1 aromatic rings. The molecule has 1 aliphatic carbocycles. The SMILES string of the molecule is CCCCCCC(C)Nc1cnn(CC(=O)NC2CC2)c1. The maximum atomic E-state index is 11.7. The summed E-state index contributed by atoms with van der Waals surface area (Å²) in [6.45, 7) is 4.74. The fourth-order valence-corrected chi connectivity index (χ4v) is 2.41. The van der Waals surface area contributed by atoms with Crippen LogP contribution in [0.4, 0.5) is 5.69 Å². The molecule has 1 fully saturated rings. The Bertz CT molecular complexity index is 439. The van der Waals surface area contributed by atoms with Crippen LogP contribution in [-0.4, -0.2) is 27.8 Å². The van der Waals surface area contributed by atoms with E-state index in [4.69, 9.17) is 0 Å². The first kappa shape index (κ1) is 15.9. The lowest BCUT2D eigenvalue weighted by atomic mass is 10.1. The first-order valence-corrected chi connectivity index (χ1v) is 8.25. The number of hydrogen-bond acceptors (Lipinski definition) is 3. The van der Waals surface area contributed by atoms with Gasteiger partial charge in [-0.1, -0.05) is 32.6 Å². The third kappa shape index (κ3) is 6.19. The molecule has 0 spiro atoms. The molecule has 21 heavy (non-hydrogen) atoms. The molecule has 1 atom stereocenters. The molecule has 1 aliphatic rings. The van der Waals surface area contributed by atoms with E-state index in [1.54, 1.807) is 10.9 Å². The Morgan fingerprint density at radius 2 is 2.24 bits per heavy atom. The topological polar surface area (TPSA) is 59.0 Å². The highest BCUT2D eigenvalue weighted by atomic mass is 16.2. The molecule has 1 amide bonds. The molecule has 1 unspecified atom stereocenters. The average molecular weight is 292 g/mol. The lowest BCUT2D eigenvalue weighted by Gasteiger charge is -2.13. The lowest BCUT2D eigenvalue weighted by Crippen LogP contribution is -2.29. The van der Waals surface area contributed by atoms with Crippen molar-refractivity contribution < 1.29 is 4.79 Å². The van der Waals surface area contributed by atoms with Crippen LogP contribution in [-0.2, 0) is 11.3 Å². The van der Waals surface area contributed by atoms with Crippen molar-refractivity contribution in [3.05, 3.63) is 12.4 Å². The van der Waals surface area contributed by atoms with Crippen LogP contribution in [0.1, 0.15) is 58.8 Å². The normalized spacial score (nSPS) is 15.7. The molecular weight excluding hydrogens is 264 g/mol. The van der Waals surface area contributed by atoms with Gasteiger partial charge in [0.25, 0.3) is 0 Å². The minimum absolute atomic E-state index is 0.0553. The van der Waals surface area contributed by atoms with E-state index in [0.717, 1.165) is 18.5 Å². The zero-order valence-electron chi connectivity index (χ0n) is 13.3. The zero-order chi connectivity index (χ0) is 15.1. The van der Waals surface area contributed by atoms with E-state index in [9.17, 15) is 4.79 Å². The smallest absolute Gasteiger partial charge is 0.241 e. The minimum atomic E-state index is 0.0553. The summed E-state index contributed by atoms with van der Waals surface area (Å²) in [7, 11) is 0. The van der Waals surface area contributed by atoms with Crippen molar-refractivity contribution in [1.29, 1.82) is 0 Å². The fraction of sp³-hybridized carbons (Fsp3) is 0.750. The monoisotopic (exact) mass is 292 g/mol. The molecule has 0 bridgehead atoms. The highest BCUT2D eigenvalue weighted by molar-refractivity contribution is 5.76. The van der Waals surface area contributed by atoms with Gasteiger partial charge in [0.15, 0.2) is 0 Å². The lowest BCUT2D eigenvalue weighted by molar-refractivity contribution is -0.122. The first-order valence-electron chi connectivity index (χ1n) is 8.25. The van der Waals surface area contributed by atoms with Crippen molar-refractivity contribution in [2.24, 2.45) is 0 Å². The molecule has 118 valence electrons.